The molecule has 0 aliphatic carbocycles. The van der Waals surface area contributed by atoms with Gasteiger partial charge in [-0.15, -0.1) is 23.4 Å². The first-order chi connectivity index (χ1) is 5.79. The highest BCUT2D eigenvalue weighted by molar-refractivity contribution is 7.99. The molecule has 66 valence electrons. The van der Waals surface area contributed by atoms with E-state index in [1.165, 1.54) is 0 Å². The largest absolute Gasteiger partial charge is 0.506 e. The van der Waals surface area contributed by atoms with Crippen LogP contribution in [-0.2, 0) is 5.88 Å². The van der Waals surface area contributed by atoms with Crippen molar-refractivity contribution in [1.29, 1.82) is 0 Å². The lowest BCUT2D eigenvalue weighted by atomic mass is 10.2. The van der Waals surface area contributed by atoms with Crippen LogP contribution >= 0.6 is 23.4 Å². The first-order valence-corrected chi connectivity index (χ1v) is 5.31. The van der Waals surface area contributed by atoms with E-state index in [-0.39, 0.29) is 0 Å². The van der Waals surface area contributed by atoms with Crippen molar-refractivity contribution in [2.24, 2.45) is 0 Å². The molecule has 0 unspecified atom stereocenters. The minimum Gasteiger partial charge on any atom is -0.506 e. The van der Waals surface area contributed by atoms with Gasteiger partial charge < -0.3 is 5.11 Å². The SMILES string of the molecule is CCSc1cccc(CCl)c1O. The van der Waals surface area contributed by atoms with Crippen molar-refractivity contribution in [2.75, 3.05) is 5.75 Å². The van der Waals surface area contributed by atoms with Crippen LogP contribution < -0.4 is 0 Å². The Bertz CT molecular complexity index is 263. The Morgan fingerprint density at radius 1 is 1.50 bits per heavy atom. The summed E-state index contributed by atoms with van der Waals surface area (Å²) >= 11 is 7.26. The summed E-state index contributed by atoms with van der Waals surface area (Å²) in [5.74, 6) is 1.66. The molecule has 0 bridgehead atoms. The van der Waals surface area contributed by atoms with E-state index < -0.39 is 0 Å². The third-order valence-corrected chi connectivity index (χ3v) is 2.74. The van der Waals surface area contributed by atoms with Crippen LogP contribution in [0.5, 0.6) is 5.75 Å². The highest BCUT2D eigenvalue weighted by Gasteiger charge is 2.04. The van der Waals surface area contributed by atoms with Crippen LogP contribution in [0.2, 0.25) is 0 Å². The van der Waals surface area contributed by atoms with Gasteiger partial charge in [-0.1, -0.05) is 19.1 Å². The van der Waals surface area contributed by atoms with Gasteiger partial charge in [0.2, 0.25) is 0 Å². The summed E-state index contributed by atoms with van der Waals surface area (Å²) in [6.45, 7) is 2.05. The Hall–Kier alpha value is -0.340. The van der Waals surface area contributed by atoms with Crippen molar-refractivity contribution < 1.29 is 5.11 Å². The summed E-state index contributed by atoms with van der Waals surface area (Å²) in [6.07, 6.45) is 0. The van der Waals surface area contributed by atoms with E-state index in [0.717, 1.165) is 16.2 Å². The molecule has 0 radical (unpaired) electrons. The van der Waals surface area contributed by atoms with Gasteiger partial charge >= 0.3 is 0 Å². The van der Waals surface area contributed by atoms with Crippen molar-refractivity contribution in [3.8, 4) is 5.75 Å². The number of phenolic OH excluding ortho intramolecular Hbond substituents is 1. The van der Waals surface area contributed by atoms with Crippen LogP contribution in [0.3, 0.4) is 0 Å². The lowest BCUT2D eigenvalue weighted by Gasteiger charge is -2.05. The van der Waals surface area contributed by atoms with Crippen LogP contribution in [0, 0.1) is 0 Å². The van der Waals surface area contributed by atoms with Gasteiger partial charge in [0.05, 0.1) is 5.88 Å². The molecular weight excluding hydrogens is 192 g/mol. The number of hydrogen-bond acceptors (Lipinski definition) is 2. The second kappa shape index (κ2) is 4.63. The number of benzene rings is 1. The van der Waals surface area contributed by atoms with Crippen molar-refractivity contribution in [3.05, 3.63) is 23.8 Å². The predicted octanol–water partition coefficient (Wildman–Crippen LogP) is 3.24. The molecule has 0 saturated carbocycles. The average Bonchev–Trinajstić information content (AvgIpc) is 2.09. The maximum absolute atomic E-state index is 9.61. The molecule has 1 aromatic carbocycles. The minimum absolute atomic E-state index is 0.333. The molecular formula is C9H11ClOS. The summed E-state index contributed by atoms with van der Waals surface area (Å²) in [5, 5.41) is 9.61. The number of phenols is 1. The topological polar surface area (TPSA) is 20.2 Å². The molecule has 1 aromatic rings. The molecule has 0 aliphatic heterocycles. The Kier molecular flexibility index (Phi) is 3.76. The fraction of sp³-hybridized carbons (Fsp3) is 0.333. The predicted molar refractivity (Wildman–Crippen MR) is 54.1 cm³/mol. The highest BCUT2D eigenvalue weighted by Crippen LogP contribution is 2.31. The molecule has 1 rings (SSSR count). The lowest BCUT2D eigenvalue weighted by Crippen LogP contribution is -1.82. The molecule has 0 spiro atoms. The summed E-state index contributed by atoms with van der Waals surface area (Å²) in [5.41, 5.74) is 0.801. The number of para-hydroxylation sites is 1. The minimum atomic E-state index is 0.333. The van der Waals surface area contributed by atoms with Crippen molar-refractivity contribution in [3.63, 3.8) is 0 Å². The monoisotopic (exact) mass is 202 g/mol. The van der Waals surface area contributed by atoms with Crippen LogP contribution in [-0.4, -0.2) is 10.9 Å². The van der Waals surface area contributed by atoms with Gasteiger partial charge in [-0.05, 0) is 11.8 Å². The van der Waals surface area contributed by atoms with Gasteiger partial charge in [0.15, 0.2) is 0 Å². The summed E-state index contributed by atoms with van der Waals surface area (Å²) < 4.78 is 0. The van der Waals surface area contributed by atoms with Crippen LogP contribution in [0.4, 0.5) is 0 Å². The molecule has 0 aromatic heterocycles. The molecule has 12 heavy (non-hydrogen) atoms. The van der Waals surface area contributed by atoms with Crippen LogP contribution in [0.25, 0.3) is 0 Å². The molecule has 1 N–H and O–H groups in total. The van der Waals surface area contributed by atoms with E-state index in [0.29, 0.717) is 11.6 Å². The van der Waals surface area contributed by atoms with Gasteiger partial charge in [-0.2, -0.15) is 0 Å². The second-order valence-corrected chi connectivity index (χ2v) is 3.90. The number of halogens is 1. The zero-order valence-electron chi connectivity index (χ0n) is 6.88. The van der Waals surface area contributed by atoms with E-state index >= 15 is 0 Å². The van der Waals surface area contributed by atoms with Gasteiger partial charge in [0.1, 0.15) is 5.75 Å². The smallest absolute Gasteiger partial charge is 0.133 e. The Balaban J connectivity index is 2.97. The van der Waals surface area contributed by atoms with E-state index in [2.05, 4.69) is 6.92 Å². The Morgan fingerprint density at radius 3 is 2.83 bits per heavy atom. The number of thioether (sulfide) groups is 1. The molecule has 0 amide bonds. The zero-order valence-corrected chi connectivity index (χ0v) is 8.45. The molecule has 0 heterocycles. The molecule has 0 saturated heterocycles. The van der Waals surface area contributed by atoms with E-state index in [1.807, 2.05) is 18.2 Å². The van der Waals surface area contributed by atoms with Crippen LogP contribution in [0.15, 0.2) is 23.1 Å². The maximum Gasteiger partial charge on any atom is 0.133 e. The van der Waals surface area contributed by atoms with Gasteiger partial charge in [-0.25, -0.2) is 0 Å². The first kappa shape index (κ1) is 9.75. The Labute approximate surface area is 81.7 Å². The van der Waals surface area contributed by atoms with E-state index in [4.69, 9.17) is 11.6 Å². The lowest BCUT2D eigenvalue weighted by molar-refractivity contribution is 0.457. The average molecular weight is 203 g/mol. The molecule has 0 aliphatic rings. The Morgan fingerprint density at radius 2 is 2.25 bits per heavy atom. The first-order valence-electron chi connectivity index (χ1n) is 3.79. The molecule has 1 nitrogen and oxygen atoms in total. The van der Waals surface area contributed by atoms with Gasteiger partial charge in [0, 0.05) is 10.5 Å². The van der Waals surface area contributed by atoms with Crippen LogP contribution in [0.1, 0.15) is 12.5 Å². The molecule has 0 fully saturated rings. The summed E-state index contributed by atoms with van der Waals surface area (Å²) in [6, 6.07) is 5.65. The molecule has 0 atom stereocenters. The second-order valence-electron chi connectivity index (χ2n) is 2.33. The fourth-order valence-corrected chi connectivity index (χ4v) is 1.92. The van der Waals surface area contributed by atoms with Crippen molar-refractivity contribution in [1.82, 2.24) is 0 Å². The fourth-order valence-electron chi connectivity index (χ4n) is 0.948. The number of hydrogen-bond donors (Lipinski definition) is 1. The van der Waals surface area contributed by atoms with E-state index in [1.54, 1.807) is 11.8 Å². The normalized spacial score (nSPS) is 10.2. The van der Waals surface area contributed by atoms with Crippen molar-refractivity contribution in [2.45, 2.75) is 17.7 Å². The van der Waals surface area contributed by atoms with Crippen molar-refractivity contribution >= 4 is 23.4 Å². The standard InChI is InChI=1S/C9H11ClOS/c1-2-12-8-5-3-4-7(6-10)9(8)11/h3-5,11H,2,6H2,1H3. The highest BCUT2D eigenvalue weighted by atomic mass is 35.5. The zero-order chi connectivity index (χ0) is 8.97. The number of alkyl halides is 1. The quantitative estimate of drug-likeness (QED) is 0.600. The van der Waals surface area contributed by atoms with Gasteiger partial charge in [0.25, 0.3) is 0 Å². The maximum atomic E-state index is 9.61. The third-order valence-electron chi connectivity index (χ3n) is 1.53. The summed E-state index contributed by atoms with van der Waals surface area (Å²) in [4.78, 5) is 0.913. The van der Waals surface area contributed by atoms with E-state index in [9.17, 15) is 5.11 Å². The third kappa shape index (κ3) is 2.08. The summed E-state index contributed by atoms with van der Waals surface area (Å²) in [7, 11) is 0. The molecule has 3 heteroatoms. The van der Waals surface area contributed by atoms with Gasteiger partial charge in [-0.3, -0.25) is 0 Å². The number of rotatable bonds is 3. The number of aromatic hydroxyl groups is 1.